The number of nitrogens with zero attached hydrogens (tertiary/aromatic N) is 3. The molecule has 0 radical (unpaired) electrons. The maximum Gasteiger partial charge on any atom is 0.155 e. The van der Waals surface area contributed by atoms with Gasteiger partial charge in [0.15, 0.2) is 11.5 Å². The van der Waals surface area contributed by atoms with Crippen LogP contribution in [-0.2, 0) is 12.8 Å². The molecular formula is C11H16N4. The van der Waals surface area contributed by atoms with Crippen LogP contribution in [0.3, 0.4) is 0 Å². The van der Waals surface area contributed by atoms with Crippen LogP contribution in [0.4, 0.5) is 0 Å². The first-order chi connectivity index (χ1) is 7.33. The second-order valence-corrected chi connectivity index (χ2v) is 3.57. The van der Waals surface area contributed by atoms with Crippen molar-refractivity contribution in [2.75, 3.05) is 13.6 Å². The van der Waals surface area contributed by atoms with E-state index in [1.807, 2.05) is 17.8 Å². The predicted molar refractivity (Wildman–Crippen MR) is 60.0 cm³/mol. The lowest BCUT2D eigenvalue weighted by atomic mass is 10.2. The topological polar surface area (TPSA) is 42.2 Å². The molecule has 0 aliphatic carbocycles. The maximum absolute atomic E-state index is 4.43. The molecule has 4 heteroatoms. The molecule has 2 heterocycles. The van der Waals surface area contributed by atoms with Crippen LogP contribution < -0.4 is 5.32 Å². The van der Waals surface area contributed by atoms with E-state index in [4.69, 9.17) is 0 Å². The quantitative estimate of drug-likeness (QED) is 0.809. The van der Waals surface area contributed by atoms with E-state index in [1.54, 1.807) is 0 Å². The van der Waals surface area contributed by atoms with Crippen LogP contribution in [0.5, 0.6) is 0 Å². The van der Waals surface area contributed by atoms with Gasteiger partial charge in [-0.1, -0.05) is 6.92 Å². The number of hydrogen-bond donors (Lipinski definition) is 1. The molecule has 0 saturated carbocycles. The molecule has 4 nitrogen and oxygen atoms in total. The van der Waals surface area contributed by atoms with Gasteiger partial charge in [-0.25, -0.2) is 9.50 Å². The highest BCUT2D eigenvalue weighted by Gasteiger charge is 2.01. The first-order valence-electron chi connectivity index (χ1n) is 5.32. The summed E-state index contributed by atoms with van der Waals surface area (Å²) in [5, 5.41) is 7.48. The van der Waals surface area contributed by atoms with Crippen LogP contribution in [0.1, 0.15) is 18.3 Å². The lowest BCUT2D eigenvalue weighted by Crippen LogP contribution is -2.10. The zero-order valence-corrected chi connectivity index (χ0v) is 9.20. The van der Waals surface area contributed by atoms with Gasteiger partial charge < -0.3 is 5.32 Å². The van der Waals surface area contributed by atoms with Crippen molar-refractivity contribution in [3.05, 3.63) is 29.7 Å². The fourth-order valence-corrected chi connectivity index (χ4v) is 1.54. The van der Waals surface area contributed by atoms with Gasteiger partial charge in [0.25, 0.3) is 0 Å². The molecule has 0 atom stereocenters. The van der Waals surface area contributed by atoms with E-state index in [-0.39, 0.29) is 0 Å². The molecule has 2 aromatic rings. The van der Waals surface area contributed by atoms with E-state index >= 15 is 0 Å². The number of likely N-dealkylation sites (N-methyl/N-ethyl adjacent to an activating group) is 1. The summed E-state index contributed by atoms with van der Waals surface area (Å²) in [7, 11) is 1.96. The number of hydrogen-bond acceptors (Lipinski definition) is 3. The zero-order valence-electron chi connectivity index (χ0n) is 9.20. The lowest BCUT2D eigenvalue weighted by molar-refractivity contribution is 0.789. The summed E-state index contributed by atoms with van der Waals surface area (Å²) in [6.45, 7) is 3.06. The van der Waals surface area contributed by atoms with Crippen LogP contribution in [0.2, 0.25) is 0 Å². The van der Waals surface area contributed by atoms with Gasteiger partial charge in [-0.3, -0.25) is 0 Å². The van der Waals surface area contributed by atoms with E-state index in [2.05, 4.69) is 34.5 Å². The summed E-state index contributed by atoms with van der Waals surface area (Å²) in [6, 6.07) is 4.20. The lowest BCUT2D eigenvalue weighted by Gasteiger charge is -2.00. The number of rotatable bonds is 4. The van der Waals surface area contributed by atoms with E-state index < -0.39 is 0 Å². The molecule has 0 spiro atoms. The van der Waals surface area contributed by atoms with E-state index in [1.165, 1.54) is 5.56 Å². The highest BCUT2D eigenvalue weighted by atomic mass is 15.3. The summed E-state index contributed by atoms with van der Waals surface area (Å²) < 4.78 is 1.84. The molecule has 80 valence electrons. The van der Waals surface area contributed by atoms with Crippen molar-refractivity contribution in [3.63, 3.8) is 0 Å². The van der Waals surface area contributed by atoms with Crippen molar-refractivity contribution >= 4 is 5.65 Å². The Morgan fingerprint density at radius 3 is 3.07 bits per heavy atom. The summed E-state index contributed by atoms with van der Waals surface area (Å²) in [4.78, 5) is 4.43. The van der Waals surface area contributed by atoms with Gasteiger partial charge in [0.2, 0.25) is 0 Å². The van der Waals surface area contributed by atoms with Crippen molar-refractivity contribution in [2.24, 2.45) is 0 Å². The fourth-order valence-electron chi connectivity index (χ4n) is 1.54. The average molecular weight is 204 g/mol. The van der Waals surface area contributed by atoms with Gasteiger partial charge in [-0.05, 0) is 37.7 Å². The number of pyridine rings is 1. The minimum atomic E-state index is 0.882. The molecule has 2 rings (SSSR count). The number of aryl methyl sites for hydroxylation is 1. The zero-order chi connectivity index (χ0) is 10.7. The van der Waals surface area contributed by atoms with Crippen LogP contribution in [0.25, 0.3) is 5.65 Å². The standard InChI is InChI=1S/C11H16N4/c1-3-10-13-11-8-9(4-6-12-2)5-7-15(11)14-10/h5,7-8,12H,3-4,6H2,1-2H3. The Morgan fingerprint density at radius 2 is 2.33 bits per heavy atom. The number of nitrogens with one attached hydrogen (secondary N) is 1. The largest absolute Gasteiger partial charge is 0.319 e. The SMILES string of the molecule is CCc1nc2cc(CCNC)ccn2n1. The van der Waals surface area contributed by atoms with Crippen molar-refractivity contribution in [3.8, 4) is 0 Å². The molecule has 0 aliphatic heterocycles. The second-order valence-electron chi connectivity index (χ2n) is 3.57. The molecule has 0 fully saturated rings. The van der Waals surface area contributed by atoms with Gasteiger partial charge in [0.1, 0.15) is 0 Å². The first kappa shape index (κ1) is 10.1. The molecule has 0 bridgehead atoms. The van der Waals surface area contributed by atoms with Crippen LogP contribution in [0, 0.1) is 0 Å². The molecule has 1 N–H and O–H groups in total. The highest BCUT2D eigenvalue weighted by molar-refractivity contribution is 5.40. The Kier molecular flexibility index (Phi) is 2.97. The van der Waals surface area contributed by atoms with Crippen LogP contribution in [-0.4, -0.2) is 28.2 Å². The van der Waals surface area contributed by atoms with Gasteiger partial charge in [-0.15, -0.1) is 0 Å². The Labute approximate surface area is 89.3 Å². The van der Waals surface area contributed by atoms with Gasteiger partial charge in [0.05, 0.1) is 0 Å². The van der Waals surface area contributed by atoms with Crippen molar-refractivity contribution in [2.45, 2.75) is 19.8 Å². The Morgan fingerprint density at radius 1 is 1.47 bits per heavy atom. The van der Waals surface area contributed by atoms with E-state index in [0.29, 0.717) is 0 Å². The molecular weight excluding hydrogens is 188 g/mol. The van der Waals surface area contributed by atoms with E-state index in [0.717, 1.165) is 30.9 Å². The highest BCUT2D eigenvalue weighted by Crippen LogP contribution is 2.06. The smallest absolute Gasteiger partial charge is 0.155 e. The van der Waals surface area contributed by atoms with Crippen LogP contribution >= 0.6 is 0 Å². The third kappa shape index (κ3) is 2.15. The summed E-state index contributed by atoms with van der Waals surface area (Å²) in [5.74, 6) is 0.903. The number of fused-ring (bicyclic) bond motifs is 1. The maximum atomic E-state index is 4.43. The first-order valence-corrected chi connectivity index (χ1v) is 5.32. The molecule has 0 saturated heterocycles. The molecule has 15 heavy (non-hydrogen) atoms. The van der Waals surface area contributed by atoms with E-state index in [9.17, 15) is 0 Å². The van der Waals surface area contributed by atoms with Gasteiger partial charge in [-0.2, -0.15) is 5.10 Å². The monoisotopic (exact) mass is 204 g/mol. The summed E-state index contributed by atoms with van der Waals surface area (Å²) >= 11 is 0. The van der Waals surface area contributed by atoms with Crippen LogP contribution in [0.15, 0.2) is 18.3 Å². The third-order valence-electron chi connectivity index (χ3n) is 2.43. The molecule has 2 aromatic heterocycles. The Bertz CT molecular complexity index is 447. The Balaban J connectivity index is 2.29. The summed E-state index contributed by atoms with van der Waals surface area (Å²) in [5.41, 5.74) is 2.24. The molecule has 0 unspecified atom stereocenters. The van der Waals surface area contributed by atoms with Gasteiger partial charge in [0, 0.05) is 12.6 Å². The summed E-state index contributed by atoms with van der Waals surface area (Å²) in [6.07, 6.45) is 3.89. The van der Waals surface area contributed by atoms with Gasteiger partial charge >= 0.3 is 0 Å². The normalized spacial score (nSPS) is 11.1. The van der Waals surface area contributed by atoms with Crippen molar-refractivity contribution < 1.29 is 0 Å². The minimum absolute atomic E-state index is 0.882. The average Bonchev–Trinajstić information content (AvgIpc) is 2.68. The molecule has 0 aromatic carbocycles. The third-order valence-corrected chi connectivity index (χ3v) is 2.43. The Hall–Kier alpha value is -1.42. The van der Waals surface area contributed by atoms with Crippen molar-refractivity contribution in [1.82, 2.24) is 19.9 Å². The molecule has 0 amide bonds. The minimum Gasteiger partial charge on any atom is -0.319 e. The fraction of sp³-hybridized carbons (Fsp3) is 0.455. The second kappa shape index (κ2) is 4.40. The predicted octanol–water partition coefficient (Wildman–Crippen LogP) is 1.05. The number of aromatic nitrogens is 3. The molecule has 0 aliphatic rings. The van der Waals surface area contributed by atoms with Crippen molar-refractivity contribution in [1.29, 1.82) is 0 Å².